The Labute approximate surface area is 106 Å². The monoisotopic (exact) mass is 256 g/mol. The van der Waals surface area contributed by atoms with Crippen molar-refractivity contribution in [2.75, 3.05) is 0 Å². The van der Waals surface area contributed by atoms with Crippen molar-refractivity contribution >= 4 is 17.9 Å². The van der Waals surface area contributed by atoms with Crippen LogP contribution >= 0.6 is 0 Å². The van der Waals surface area contributed by atoms with E-state index in [1.54, 1.807) is 4.90 Å². The molecule has 1 fully saturated rings. The number of hydrogen-bond donors (Lipinski definition) is 2. The van der Waals surface area contributed by atoms with Gasteiger partial charge in [0.15, 0.2) is 0 Å². The van der Waals surface area contributed by atoms with Gasteiger partial charge < -0.3 is 10.0 Å². The maximum Gasteiger partial charge on any atom is 0.324 e. The van der Waals surface area contributed by atoms with Gasteiger partial charge in [0.25, 0.3) is 0 Å². The first-order valence-corrected chi connectivity index (χ1v) is 6.25. The number of urea groups is 1. The van der Waals surface area contributed by atoms with Gasteiger partial charge in [-0.3, -0.25) is 14.9 Å². The molecule has 0 radical (unpaired) electrons. The van der Waals surface area contributed by atoms with Gasteiger partial charge in [0.05, 0.1) is 6.42 Å². The number of likely N-dealkylation sites (tertiary alicyclic amines) is 1. The van der Waals surface area contributed by atoms with E-state index in [4.69, 9.17) is 5.11 Å². The Hall–Kier alpha value is -1.59. The molecule has 1 saturated heterocycles. The van der Waals surface area contributed by atoms with Crippen LogP contribution in [0.4, 0.5) is 4.79 Å². The third kappa shape index (κ3) is 4.01. The highest BCUT2D eigenvalue weighted by molar-refractivity contribution is 5.95. The standard InChI is InChI=1S/C12H20N2O4/c1-8-4-3-5-9(2)14(8)12(18)13-10(15)6-7-11(16)17/h8-9H,3-7H2,1-2H3,(H,16,17)(H,13,15,18)/t8-,9+. The first-order chi connectivity index (χ1) is 8.41. The molecule has 6 nitrogen and oxygen atoms in total. The summed E-state index contributed by atoms with van der Waals surface area (Å²) in [4.78, 5) is 35.3. The number of nitrogens with one attached hydrogen (secondary N) is 1. The molecule has 0 aromatic rings. The van der Waals surface area contributed by atoms with Crippen molar-refractivity contribution in [3.8, 4) is 0 Å². The fraction of sp³-hybridized carbons (Fsp3) is 0.750. The normalized spacial score (nSPS) is 23.6. The van der Waals surface area contributed by atoms with Crippen LogP contribution < -0.4 is 5.32 Å². The molecular weight excluding hydrogens is 236 g/mol. The molecule has 102 valence electrons. The van der Waals surface area contributed by atoms with Gasteiger partial charge in [0.2, 0.25) is 5.91 Å². The van der Waals surface area contributed by atoms with Crippen LogP contribution in [0, 0.1) is 0 Å². The van der Waals surface area contributed by atoms with Gasteiger partial charge in [0.1, 0.15) is 0 Å². The van der Waals surface area contributed by atoms with Gasteiger partial charge >= 0.3 is 12.0 Å². The van der Waals surface area contributed by atoms with Gasteiger partial charge in [-0.1, -0.05) is 0 Å². The summed E-state index contributed by atoms with van der Waals surface area (Å²) in [6.07, 6.45) is 2.52. The molecule has 1 aliphatic rings. The van der Waals surface area contributed by atoms with E-state index >= 15 is 0 Å². The van der Waals surface area contributed by atoms with E-state index in [1.807, 2.05) is 13.8 Å². The van der Waals surface area contributed by atoms with Crippen molar-refractivity contribution in [2.45, 2.75) is 58.0 Å². The van der Waals surface area contributed by atoms with Gasteiger partial charge in [0, 0.05) is 18.5 Å². The Morgan fingerprint density at radius 1 is 1.17 bits per heavy atom. The van der Waals surface area contributed by atoms with E-state index in [-0.39, 0.29) is 24.9 Å². The van der Waals surface area contributed by atoms with Crippen molar-refractivity contribution in [3.63, 3.8) is 0 Å². The summed E-state index contributed by atoms with van der Waals surface area (Å²) >= 11 is 0. The highest BCUT2D eigenvalue weighted by atomic mass is 16.4. The molecule has 0 aromatic heterocycles. The molecule has 1 rings (SSSR count). The number of nitrogens with zero attached hydrogens (tertiary/aromatic N) is 1. The average molecular weight is 256 g/mol. The summed E-state index contributed by atoms with van der Waals surface area (Å²) in [6, 6.07) is -0.188. The summed E-state index contributed by atoms with van der Waals surface area (Å²) in [7, 11) is 0. The Kier molecular flexibility index (Phi) is 5.12. The number of carbonyl (C=O) groups excluding carboxylic acids is 2. The van der Waals surface area contributed by atoms with Crippen molar-refractivity contribution in [1.29, 1.82) is 0 Å². The minimum Gasteiger partial charge on any atom is -0.481 e. The smallest absolute Gasteiger partial charge is 0.324 e. The summed E-state index contributed by atoms with van der Waals surface area (Å²) in [5.41, 5.74) is 0. The van der Waals surface area contributed by atoms with Gasteiger partial charge in [-0.05, 0) is 33.1 Å². The topological polar surface area (TPSA) is 86.7 Å². The molecule has 0 spiro atoms. The summed E-state index contributed by atoms with van der Waals surface area (Å²) in [6.45, 7) is 3.91. The number of hydrogen-bond acceptors (Lipinski definition) is 3. The highest BCUT2D eigenvalue weighted by Crippen LogP contribution is 2.22. The maximum absolute atomic E-state index is 11.9. The van der Waals surface area contributed by atoms with Crippen LogP contribution in [0.3, 0.4) is 0 Å². The lowest BCUT2D eigenvalue weighted by Gasteiger charge is -2.38. The predicted molar refractivity (Wildman–Crippen MR) is 65.0 cm³/mol. The Bertz CT molecular complexity index is 333. The molecule has 1 aliphatic heterocycles. The lowest BCUT2D eigenvalue weighted by atomic mass is 9.98. The molecule has 0 aliphatic carbocycles. The van der Waals surface area contributed by atoms with Crippen molar-refractivity contribution in [3.05, 3.63) is 0 Å². The predicted octanol–water partition coefficient (Wildman–Crippen LogP) is 1.35. The molecular formula is C12H20N2O4. The first kappa shape index (κ1) is 14.5. The number of carboxylic acids is 1. The number of carboxylic acid groups (broad SMARTS) is 1. The quantitative estimate of drug-likeness (QED) is 0.798. The lowest BCUT2D eigenvalue weighted by molar-refractivity contribution is -0.138. The van der Waals surface area contributed by atoms with Crippen LogP contribution in [0.25, 0.3) is 0 Å². The van der Waals surface area contributed by atoms with Gasteiger partial charge in [-0.15, -0.1) is 0 Å². The lowest BCUT2D eigenvalue weighted by Crippen LogP contribution is -2.53. The second-order valence-corrected chi connectivity index (χ2v) is 4.78. The molecule has 1 heterocycles. The Morgan fingerprint density at radius 3 is 2.22 bits per heavy atom. The zero-order chi connectivity index (χ0) is 13.7. The van der Waals surface area contributed by atoms with E-state index < -0.39 is 17.9 Å². The SMILES string of the molecule is C[C@@H]1CCC[C@H](C)N1C(=O)NC(=O)CCC(=O)O. The third-order valence-corrected chi connectivity index (χ3v) is 3.24. The van der Waals surface area contributed by atoms with Gasteiger partial charge in [-0.2, -0.15) is 0 Å². The summed E-state index contributed by atoms with van der Waals surface area (Å²) < 4.78 is 0. The van der Waals surface area contributed by atoms with E-state index in [2.05, 4.69) is 5.32 Å². The zero-order valence-corrected chi connectivity index (χ0v) is 10.8. The number of amides is 3. The van der Waals surface area contributed by atoms with Crippen LogP contribution in [0.5, 0.6) is 0 Å². The number of aliphatic carboxylic acids is 1. The molecule has 0 unspecified atom stereocenters. The number of rotatable bonds is 3. The molecule has 2 atom stereocenters. The second kappa shape index (κ2) is 6.37. The van der Waals surface area contributed by atoms with Crippen molar-refractivity contribution in [2.24, 2.45) is 0 Å². The minimum atomic E-state index is -1.04. The van der Waals surface area contributed by atoms with Crippen LogP contribution in [0.1, 0.15) is 46.0 Å². The molecule has 18 heavy (non-hydrogen) atoms. The van der Waals surface area contributed by atoms with E-state index in [0.717, 1.165) is 19.3 Å². The van der Waals surface area contributed by atoms with Gasteiger partial charge in [-0.25, -0.2) is 4.79 Å². The van der Waals surface area contributed by atoms with Crippen LogP contribution in [0.2, 0.25) is 0 Å². The highest BCUT2D eigenvalue weighted by Gasteiger charge is 2.29. The molecule has 0 aromatic carbocycles. The number of piperidine rings is 1. The van der Waals surface area contributed by atoms with Crippen molar-refractivity contribution < 1.29 is 19.5 Å². The van der Waals surface area contributed by atoms with E-state index in [9.17, 15) is 14.4 Å². The number of imide groups is 1. The first-order valence-electron chi connectivity index (χ1n) is 6.25. The third-order valence-electron chi connectivity index (χ3n) is 3.24. The Morgan fingerprint density at radius 2 is 1.72 bits per heavy atom. The molecule has 0 saturated carbocycles. The minimum absolute atomic E-state index is 0.112. The van der Waals surface area contributed by atoms with Crippen molar-refractivity contribution in [1.82, 2.24) is 10.2 Å². The largest absolute Gasteiger partial charge is 0.481 e. The molecule has 2 N–H and O–H groups in total. The summed E-state index contributed by atoms with van der Waals surface area (Å²) in [5, 5.41) is 10.7. The molecule has 0 bridgehead atoms. The maximum atomic E-state index is 11.9. The Balaban J connectivity index is 2.48. The van der Waals surface area contributed by atoms with Crippen LogP contribution in [-0.4, -0.2) is 40.0 Å². The van der Waals surface area contributed by atoms with Crippen LogP contribution in [0.15, 0.2) is 0 Å². The fourth-order valence-corrected chi connectivity index (χ4v) is 2.29. The summed E-state index contributed by atoms with van der Waals surface area (Å²) in [5.74, 6) is -1.58. The number of carbonyl (C=O) groups is 3. The van der Waals surface area contributed by atoms with E-state index in [0.29, 0.717) is 0 Å². The average Bonchev–Trinajstić information content (AvgIpc) is 2.26. The molecule has 3 amide bonds. The van der Waals surface area contributed by atoms with Crippen LogP contribution in [-0.2, 0) is 9.59 Å². The fourth-order valence-electron chi connectivity index (χ4n) is 2.29. The second-order valence-electron chi connectivity index (χ2n) is 4.78. The van der Waals surface area contributed by atoms with E-state index in [1.165, 1.54) is 0 Å². The zero-order valence-electron chi connectivity index (χ0n) is 10.8. The molecule has 6 heteroatoms.